The van der Waals surface area contributed by atoms with E-state index >= 15 is 0 Å². The number of aromatic hydroxyl groups is 1. The van der Waals surface area contributed by atoms with Crippen LogP contribution in [0.4, 0.5) is 11.4 Å². The molecule has 1 amide bonds. The van der Waals surface area contributed by atoms with Gasteiger partial charge in [0.25, 0.3) is 0 Å². The summed E-state index contributed by atoms with van der Waals surface area (Å²) in [5.74, 6) is -12.0. The van der Waals surface area contributed by atoms with Crippen molar-refractivity contribution in [3.8, 4) is 5.75 Å². The molecule has 182 valence electrons. The van der Waals surface area contributed by atoms with Crippen LogP contribution in [-0.4, -0.2) is 71.1 Å². The lowest BCUT2D eigenvalue weighted by Crippen LogP contribution is -2.70. The summed E-state index contributed by atoms with van der Waals surface area (Å²) in [5, 5.41) is 36.6. The lowest BCUT2D eigenvalue weighted by Gasteiger charge is -2.53. The van der Waals surface area contributed by atoms with Gasteiger partial charge in [0.05, 0.1) is 22.8 Å². The lowest BCUT2D eigenvalue weighted by molar-refractivity contribution is -0.182. The summed E-state index contributed by atoms with van der Waals surface area (Å²) in [5.41, 5.74) is 0.982. The maximum absolute atomic E-state index is 13.7. The van der Waals surface area contributed by atoms with E-state index in [2.05, 4.69) is 5.32 Å². The molecule has 1 aromatic rings. The van der Waals surface area contributed by atoms with Gasteiger partial charge >= 0.3 is 0 Å². The van der Waals surface area contributed by atoms with Crippen molar-refractivity contribution in [3.05, 3.63) is 17.2 Å². The van der Waals surface area contributed by atoms with Crippen LogP contribution in [0, 0.1) is 23.7 Å². The van der Waals surface area contributed by atoms with Gasteiger partial charge in [0.15, 0.2) is 34.7 Å². The number of nitrogens with one attached hydrogen (secondary N) is 1. The smallest absolute Gasteiger partial charge is 0.235 e. The van der Waals surface area contributed by atoms with Gasteiger partial charge in [0.2, 0.25) is 5.91 Å². The Labute approximate surface area is 194 Å². The molecule has 11 heteroatoms. The Bertz CT molecular complexity index is 1170. The number of fused-ring (bicyclic) bond motifs is 3. The Morgan fingerprint density at radius 2 is 1.79 bits per heavy atom. The third-order valence-electron chi connectivity index (χ3n) is 7.67. The molecule has 34 heavy (non-hydrogen) atoms. The number of ketones is 4. The third kappa shape index (κ3) is 2.80. The number of Topliss-reactive ketones (excluding diaryl/α,β-unsaturated/α-hetero) is 4. The fourth-order valence-corrected chi connectivity index (χ4v) is 5.95. The molecule has 2 saturated carbocycles. The fraction of sp³-hybridized carbons (Fsp3) is 0.522. The third-order valence-corrected chi connectivity index (χ3v) is 7.67. The van der Waals surface area contributed by atoms with Crippen LogP contribution in [-0.2, 0) is 24.8 Å². The first-order valence-electron chi connectivity index (χ1n) is 10.9. The zero-order chi connectivity index (χ0) is 25.5. The first-order valence-corrected chi connectivity index (χ1v) is 10.9. The number of phenols is 1. The van der Waals surface area contributed by atoms with Crippen molar-refractivity contribution in [2.45, 2.75) is 31.0 Å². The molecule has 0 bridgehead atoms. The maximum Gasteiger partial charge on any atom is 0.235 e. The van der Waals surface area contributed by atoms with Crippen molar-refractivity contribution in [3.63, 3.8) is 0 Å². The molecule has 2 unspecified atom stereocenters. The summed E-state index contributed by atoms with van der Waals surface area (Å²) in [6.45, 7) is 1.40. The van der Waals surface area contributed by atoms with Gasteiger partial charge in [-0.3, -0.25) is 24.0 Å². The van der Waals surface area contributed by atoms with Crippen LogP contribution in [0.15, 0.2) is 6.07 Å². The SMILES string of the molecule is CNc1cc(N(C)C)c2c(c1O)C(=O)C1C(=O)[C@]3(O)C(=O)C(C(N)=O)C(=O)C[C@@H]3C[C@@H]1[C@]2(C)O. The number of hydrogen-bond acceptors (Lipinski definition) is 10. The van der Waals surface area contributed by atoms with E-state index in [4.69, 9.17) is 5.73 Å². The number of hydrogen-bond donors (Lipinski definition) is 5. The number of amides is 1. The van der Waals surface area contributed by atoms with Crippen molar-refractivity contribution in [2.24, 2.45) is 29.4 Å². The van der Waals surface area contributed by atoms with Gasteiger partial charge in [-0.15, -0.1) is 0 Å². The Hall–Kier alpha value is -3.31. The van der Waals surface area contributed by atoms with E-state index in [0.717, 1.165) is 0 Å². The van der Waals surface area contributed by atoms with Crippen LogP contribution in [0.5, 0.6) is 5.75 Å². The minimum absolute atomic E-state index is 0.113. The van der Waals surface area contributed by atoms with Gasteiger partial charge in [-0.05, 0) is 19.4 Å². The molecule has 1 aromatic carbocycles. The molecule has 0 radical (unpaired) electrons. The fourth-order valence-electron chi connectivity index (χ4n) is 5.95. The Morgan fingerprint density at radius 3 is 2.32 bits per heavy atom. The van der Waals surface area contributed by atoms with Crippen LogP contribution in [0.1, 0.15) is 35.7 Å². The van der Waals surface area contributed by atoms with Gasteiger partial charge in [-0.25, -0.2) is 0 Å². The lowest BCUT2D eigenvalue weighted by atomic mass is 9.50. The zero-order valence-corrected chi connectivity index (χ0v) is 19.2. The minimum atomic E-state index is -2.78. The molecule has 0 aromatic heterocycles. The van der Waals surface area contributed by atoms with Gasteiger partial charge in [-0.2, -0.15) is 0 Å². The van der Waals surface area contributed by atoms with Gasteiger partial charge in [0.1, 0.15) is 5.75 Å². The molecule has 0 heterocycles. The number of carbonyl (C=O) groups is 5. The average molecular weight is 473 g/mol. The van der Waals surface area contributed by atoms with E-state index in [1.165, 1.54) is 14.0 Å². The Kier molecular flexibility index (Phi) is 5.15. The second kappa shape index (κ2) is 7.34. The summed E-state index contributed by atoms with van der Waals surface area (Å²) in [4.78, 5) is 66.2. The Morgan fingerprint density at radius 1 is 1.18 bits per heavy atom. The molecular formula is C23H27N3O8. The predicted octanol–water partition coefficient (Wildman–Crippen LogP) is -0.900. The number of anilines is 2. The molecule has 3 aliphatic rings. The van der Waals surface area contributed by atoms with E-state index < -0.39 is 76.1 Å². The van der Waals surface area contributed by atoms with Crippen LogP contribution >= 0.6 is 0 Å². The van der Waals surface area contributed by atoms with Crippen molar-refractivity contribution in [1.29, 1.82) is 0 Å². The highest BCUT2D eigenvalue weighted by molar-refractivity contribution is 6.31. The second-order valence-corrected chi connectivity index (χ2v) is 9.72. The predicted molar refractivity (Wildman–Crippen MR) is 118 cm³/mol. The number of aliphatic hydroxyl groups is 2. The van der Waals surface area contributed by atoms with Crippen molar-refractivity contribution in [2.75, 3.05) is 31.4 Å². The molecule has 2 fully saturated rings. The molecule has 0 aliphatic heterocycles. The largest absolute Gasteiger partial charge is 0.505 e. The quantitative estimate of drug-likeness (QED) is 0.272. The van der Waals surface area contributed by atoms with E-state index in [9.17, 15) is 39.3 Å². The number of primary amides is 1. The van der Waals surface area contributed by atoms with Crippen LogP contribution < -0.4 is 16.0 Å². The Balaban J connectivity index is 1.96. The molecule has 11 nitrogen and oxygen atoms in total. The van der Waals surface area contributed by atoms with E-state index in [1.807, 2.05) is 0 Å². The summed E-state index contributed by atoms with van der Waals surface area (Å²) in [6, 6.07) is 1.56. The standard InChI is InChI=1S/C23H27N3O8/c1-22(33)9-5-8-6-12(27)14(21(24)32)20(31)23(8,34)19(30)13(9)18(29)15-16(22)11(26(3)4)7-10(25-2)17(15)28/h7-9,13-14,25,28,33-34H,5-6H2,1-4H3,(H2,24,32)/t8-,9-,13?,14?,22-,23-/m0/s1. The highest BCUT2D eigenvalue weighted by Gasteiger charge is 2.69. The molecule has 0 saturated heterocycles. The summed E-state index contributed by atoms with van der Waals surface area (Å²) in [6.07, 6.45) is -0.693. The van der Waals surface area contributed by atoms with Gasteiger partial charge in [0, 0.05) is 50.7 Å². The number of nitrogens with zero attached hydrogens (tertiary/aromatic N) is 1. The topological polar surface area (TPSA) is 187 Å². The molecule has 6 atom stereocenters. The van der Waals surface area contributed by atoms with Crippen molar-refractivity contribution in [1.82, 2.24) is 0 Å². The van der Waals surface area contributed by atoms with Crippen LogP contribution in [0.25, 0.3) is 0 Å². The second-order valence-electron chi connectivity index (χ2n) is 9.72. The van der Waals surface area contributed by atoms with Crippen LogP contribution in [0.2, 0.25) is 0 Å². The molecule has 0 spiro atoms. The number of benzene rings is 1. The molecule has 4 rings (SSSR count). The minimum Gasteiger partial charge on any atom is -0.505 e. The monoisotopic (exact) mass is 473 g/mol. The molecule has 6 N–H and O–H groups in total. The average Bonchev–Trinajstić information content (AvgIpc) is 2.73. The first-order chi connectivity index (χ1) is 15.7. The summed E-state index contributed by atoms with van der Waals surface area (Å²) >= 11 is 0. The van der Waals surface area contributed by atoms with Crippen molar-refractivity contribution < 1.29 is 39.3 Å². The highest BCUT2D eigenvalue weighted by atomic mass is 16.3. The molecular weight excluding hydrogens is 446 g/mol. The number of rotatable bonds is 3. The van der Waals surface area contributed by atoms with Gasteiger partial charge < -0.3 is 31.3 Å². The number of phenolic OH excluding ortho intramolecular Hbond substituents is 1. The first kappa shape index (κ1) is 23.8. The molecule has 3 aliphatic carbocycles. The summed E-state index contributed by atoms with van der Waals surface area (Å²) < 4.78 is 0. The van der Waals surface area contributed by atoms with E-state index in [-0.39, 0.29) is 23.2 Å². The highest BCUT2D eigenvalue weighted by Crippen LogP contribution is 2.57. The maximum atomic E-state index is 13.7. The van der Waals surface area contributed by atoms with E-state index in [1.54, 1.807) is 25.1 Å². The van der Waals surface area contributed by atoms with Gasteiger partial charge in [-0.1, -0.05) is 0 Å². The van der Waals surface area contributed by atoms with E-state index in [0.29, 0.717) is 5.69 Å². The van der Waals surface area contributed by atoms with Crippen LogP contribution in [0.3, 0.4) is 0 Å². The summed E-state index contributed by atoms with van der Waals surface area (Å²) in [7, 11) is 4.90. The zero-order valence-electron chi connectivity index (χ0n) is 19.2. The normalized spacial score (nSPS) is 34.8. The van der Waals surface area contributed by atoms with Crippen molar-refractivity contribution >= 4 is 40.4 Å². The number of nitrogens with two attached hydrogens (primary N) is 1. The number of carbonyl (C=O) groups excluding carboxylic acids is 5.